The van der Waals surface area contributed by atoms with Crippen LogP contribution in [0.25, 0.3) is 22.1 Å². The zero-order valence-corrected chi connectivity index (χ0v) is 53.1. The fraction of sp³-hybridized carbons (Fsp3) is 0.436. The Kier molecular flexibility index (Phi) is 10.3. The van der Waals surface area contributed by atoms with Crippen molar-refractivity contribution in [3.63, 3.8) is 0 Å². The van der Waals surface area contributed by atoms with Crippen molar-refractivity contribution in [1.29, 1.82) is 0 Å². The summed E-state index contributed by atoms with van der Waals surface area (Å²) >= 11 is 0. The smallest absolute Gasteiger partial charge is 0.297 e. The maximum Gasteiger partial charge on any atom is 0.297 e. The molecule has 0 bridgehead atoms. The summed E-state index contributed by atoms with van der Waals surface area (Å²) in [5, 5.41) is 1.09. The Hall–Kier alpha value is -6.46. The number of benzene rings is 7. The molecule has 0 N–H and O–H groups in total. The van der Waals surface area contributed by atoms with Gasteiger partial charge >= 0.3 is 0 Å². The van der Waals surface area contributed by atoms with E-state index >= 15 is 0 Å². The van der Waals surface area contributed by atoms with Crippen LogP contribution in [0.15, 0.2) is 126 Å². The molecule has 426 valence electrons. The molecule has 0 amide bonds. The van der Waals surface area contributed by atoms with E-state index in [0.29, 0.717) is 5.56 Å². The molecule has 1 aromatic heterocycles. The van der Waals surface area contributed by atoms with E-state index in [2.05, 4.69) is 230 Å². The number of nitrogens with zero attached hydrogens (tertiary/aromatic N) is 3. The number of hydrogen-bond donors (Lipinski definition) is 0. The number of anilines is 8. The topological polar surface area (TPSA) is 22.9 Å². The van der Waals surface area contributed by atoms with Crippen molar-refractivity contribution >= 4 is 79.8 Å². The summed E-state index contributed by atoms with van der Waals surface area (Å²) in [6, 6.07) is 34.6. The number of furan rings is 1. The van der Waals surface area contributed by atoms with Crippen LogP contribution in [-0.4, -0.2) is 12.3 Å². The third-order valence-electron chi connectivity index (χ3n) is 22.3. The maximum absolute atomic E-state index is 9.56. The van der Waals surface area contributed by atoms with Gasteiger partial charge in [0.15, 0.2) is 0 Å². The Morgan fingerprint density at radius 3 is 1.67 bits per heavy atom. The molecule has 5 heteroatoms. The molecule has 6 aliphatic rings. The van der Waals surface area contributed by atoms with E-state index < -0.39 is 17.7 Å². The second kappa shape index (κ2) is 17.6. The SMILES string of the molecule is [2H]c1c([2H])c([2H])c(-c2cc3c4c(c2)C2(C)CCCCC2(C)N4c2cc(N(c4ccc(C(C)(C)C)cc4C)c4ccc(C(C)(C)C)cc4C)cc4c2B3c2oc3cc5c(cc3c2N4c2ccc3c(c2)C(C)(C)CCC3(C)C)C(C)(C)CCC5(C)C)c([2H])c1[2H]. The van der Waals surface area contributed by atoms with Crippen molar-refractivity contribution in [3.05, 3.63) is 171 Å². The molecule has 3 aliphatic carbocycles. The normalized spacial score (nSPS) is 23.0. The Balaban J connectivity index is 1.17. The molecule has 0 saturated heterocycles. The van der Waals surface area contributed by atoms with Gasteiger partial charge in [-0.05, 0) is 219 Å². The molecule has 0 radical (unpaired) electrons. The zero-order valence-electron chi connectivity index (χ0n) is 58.1. The van der Waals surface area contributed by atoms with Gasteiger partial charge in [0.05, 0.1) is 29.4 Å². The average molecular weight is 1100 g/mol. The highest BCUT2D eigenvalue weighted by Gasteiger charge is 2.62. The predicted octanol–water partition coefficient (Wildman–Crippen LogP) is 19.8. The lowest BCUT2D eigenvalue weighted by Gasteiger charge is -2.52. The van der Waals surface area contributed by atoms with Gasteiger partial charge < -0.3 is 19.1 Å². The number of fused-ring (bicyclic) bond motifs is 11. The van der Waals surface area contributed by atoms with Gasteiger partial charge in [0.25, 0.3) is 6.71 Å². The fourth-order valence-corrected chi connectivity index (χ4v) is 16.7. The van der Waals surface area contributed by atoms with Crippen LogP contribution in [0.2, 0.25) is 0 Å². The van der Waals surface area contributed by atoms with Crippen LogP contribution >= 0.6 is 0 Å². The van der Waals surface area contributed by atoms with Crippen LogP contribution in [0.4, 0.5) is 45.5 Å². The van der Waals surface area contributed by atoms with E-state index in [1.54, 1.807) is 0 Å². The van der Waals surface area contributed by atoms with E-state index in [9.17, 15) is 2.74 Å². The van der Waals surface area contributed by atoms with Gasteiger partial charge in [-0.25, -0.2) is 0 Å². The predicted molar refractivity (Wildman–Crippen MR) is 356 cm³/mol. The molecular formula is C78H90BN3O. The Bertz CT molecular complexity index is 4270. The first kappa shape index (κ1) is 48.9. The molecule has 4 nitrogen and oxygen atoms in total. The first-order valence-electron chi connectivity index (χ1n) is 33.8. The average Bonchev–Trinajstić information content (AvgIpc) is 1.46. The molecule has 2 unspecified atom stereocenters. The van der Waals surface area contributed by atoms with Crippen molar-refractivity contribution in [3.8, 4) is 11.1 Å². The minimum atomic E-state index is -0.445. The van der Waals surface area contributed by atoms with E-state index in [4.69, 9.17) is 8.53 Å². The molecule has 14 rings (SSSR count). The maximum atomic E-state index is 9.56. The Labute approximate surface area is 505 Å². The van der Waals surface area contributed by atoms with E-state index in [1.165, 1.54) is 50.1 Å². The molecule has 3 aliphatic heterocycles. The third kappa shape index (κ3) is 7.82. The second-order valence-electron chi connectivity index (χ2n) is 31.6. The van der Waals surface area contributed by atoms with Crippen LogP contribution in [-0.2, 0) is 37.9 Å². The summed E-state index contributed by atoms with van der Waals surface area (Å²) in [7, 11) is 0. The van der Waals surface area contributed by atoms with Crippen LogP contribution < -0.4 is 31.3 Å². The summed E-state index contributed by atoms with van der Waals surface area (Å²) in [5.41, 5.74) is 24.2. The molecule has 2 atom stereocenters. The lowest BCUT2D eigenvalue weighted by Crippen LogP contribution is -2.64. The van der Waals surface area contributed by atoms with Crippen molar-refractivity contribution in [1.82, 2.24) is 0 Å². The molecule has 8 aromatic rings. The van der Waals surface area contributed by atoms with Gasteiger partial charge in [0, 0.05) is 44.9 Å². The van der Waals surface area contributed by atoms with Crippen molar-refractivity contribution in [2.75, 3.05) is 14.7 Å². The van der Waals surface area contributed by atoms with E-state index in [0.717, 1.165) is 124 Å². The zero-order chi connectivity index (χ0) is 63.0. The Morgan fingerprint density at radius 2 is 1.08 bits per heavy atom. The Morgan fingerprint density at radius 1 is 0.530 bits per heavy atom. The van der Waals surface area contributed by atoms with Gasteiger partial charge in [-0.1, -0.05) is 183 Å². The second-order valence-corrected chi connectivity index (χ2v) is 31.6. The molecule has 7 aromatic carbocycles. The molecule has 1 fully saturated rings. The lowest BCUT2D eigenvalue weighted by atomic mass is 9.35. The van der Waals surface area contributed by atoms with E-state index in [-0.39, 0.29) is 68.3 Å². The number of rotatable bonds is 5. The largest absolute Gasteiger partial charge is 0.468 e. The van der Waals surface area contributed by atoms with Gasteiger partial charge in [-0.15, -0.1) is 0 Å². The first-order valence-corrected chi connectivity index (χ1v) is 31.3. The van der Waals surface area contributed by atoms with Gasteiger partial charge in [0.2, 0.25) is 0 Å². The summed E-state index contributed by atoms with van der Waals surface area (Å²) in [6.45, 7) is 42.2. The van der Waals surface area contributed by atoms with Gasteiger partial charge in [0.1, 0.15) is 5.58 Å². The molecule has 1 saturated carbocycles. The minimum Gasteiger partial charge on any atom is -0.468 e. The van der Waals surface area contributed by atoms with Crippen LogP contribution in [0.5, 0.6) is 0 Å². The third-order valence-corrected chi connectivity index (χ3v) is 22.3. The monoisotopic (exact) mass is 1100 g/mol. The standard InChI is InChI=1S/C78H90BN3O/c1-47-38-51(71(3,4)5)26-30-62(47)80(63-31-27-52(39-48(63)2)72(6,7)8)54-43-64-67-65(44-54)82-69-60(77(17)32-22-23-33-78(77,82)18)40-50(49-24-20-19-21-25-49)41-61(69)79(67)70-68(55-45-58-59(46-66(55)83-70)76(15,16)37-36-75(58,13)14)81(64)53-28-29-56-57(42-53)74(11,12)35-34-73(56,9)10/h19-21,24-31,38-46H,22-23,32-37H2,1-18H3/i19D,20D,21D,24D,25D. The molecule has 4 heterocycles. The summed E-state index contributed by atoms with van der Waals surface area (Å²) in [4.78, 5) is 7.92. The van der Waals surface area contributed by atoms with Crippen LogP contribution in [0, 0.1) is 13.8 Å². The minimum absolute atomic E-state index is 0.00105. The van der Waals surface area contributed by atoms with Crippen molar-refractivity contribution in [2.24, 2.45) is 0 Å². The quantitative estimate of drug-likeness (QED) is 0.160. The summed E-state index contributed by atoms with van der Waals surface area (Å²) < 4.78 is 53.8. The van der Waals surface area contributed by atoms with Gasteiger partial charge in [-0.3, -0.25) is 0 Å². The fourth-order valence-electron chi connectivity index (χ4n) is 16.7. The molecular weight excluding hydrogens is 1010 g/mol. The van der Waals surface area contributed by atoms with Crippen molar-refractivity contribution < 1.29 is 11.3 Å². The molecule has 0 spiro atoms. The van der Waals surface area contributed by atoms with Crippen LogP contribution in [0.1, 0.15) is 219 Å². The van der Waals surface area contributed by atoms with Crippen molar-refractivity contribution in [2.45, 2.75) is 219 Å². The van der Waals surface area contributed by atoms with Crippen LogP contribution in [0.3, 0.4) is 0 Å². The number of hydrogen-bond acceptors (Lipinski definition) is 4. The first-order chi connectivity index (χ1) is 41.0. The highest BCUT2D eigenvalue weighted by atomic mass is 16.3. The highest BCUT2D eigenvalue weighted by Crippen LogP contribution is 2.64. The highest BCUT2D eigenvalue weighted by molar-refractivity contribution is 7.00. The summed E-state index contributed by atoms with van der Waals surface area (Å²) in [5.74, 6) is 0. The molecule has 83 heavy (non-hydrogen) atoms. The van der Waals surface area contributed by atoms with Gasteiger partial charge in [-0.2, -0.15) is 0 Å². The van der Waals surface area contributed by atoms with E-state index in [1.807, 2.05) is 0 Å². The lowest BCUT2D eigenvalue weighted by molar-refractivity contribution is 0.195. The summed E-state index contributed by atoms with van der Waals surface area (Å²) in [6.07, 6.45) is 8.35. The number of aryl methyl sites for hydroxylation is 2.